The standard InChI is InChI=1S/C14H12N4O5/c1-15-12-6-5-9(7-13(12)18(22)23)14(19)16-10-3-2-4-11(8-10)17(20)21/h2-8,15H,1H3,(H,16,19). The van der Waals surface area contributed by atoms with Gasteiger partial charge in [-0.25, -0.2) is 0 Å². The molecule has 0 fully saturated rings. The van der Waals surface area contributed by atoms with Crippen molar-refractivity contribution in [1.82, 2.24) is 0 Å². The molecule has 0 aliphatic heterocycles. The van der Waals surface area contributed by atoms with E-state index < -0.39 is 15.8 Å². The van der Waals surface area contributed by atoms with E-state index in [-0.39, 0.29) is 28.3 Å². The molecule has 9 nitrogen and oxygen atoms in total. The van der Waals surface area contributed by atoms with Gasteiger partial charge in [0.1, 0.15) is 5.69 Å². The van der Waals surface area contributed by atoms with Crippen molar-refractivity contribution in [3.8, 4) is 0 Å². The Hall–Kier alpha value is -3.49. The van der Waals surface area contributed by atoms with Crippen molar-refractivity contribution in [1.29, 1.82) is 0 Å². The normalized spacial score (nSPS) is 9.96. The van der Waals surface area contributed by atoms with Gasteiger partial charge in [-0.2, -0.15) is 0 Å². The number of hydrogen-bond acceptors (Lipinski definition) is 6. The third kappa shape index (κ3) is 3.59. The van der Waals surface area contributed by atoms with E-state index in [1.807, 2.05) is 0 Å². The quantitative estimate of drug-likeness (QED) is 0.645. The monoisotopic (exact) mass is 316 g/mol. The molecule has 1 amide bonds. The number of nitro benzene ring substituents is 2. The molecule has 0 aliphatic carbocycles. The number of non-ortho nitro benzene ring substituents is 1. The molecule has 2 rings (SSSR count). The van der Waals surface area contributed by atoms with Crippen LogP contribution in [0.3, 0.4) is 0 Å². The molecule has 0 atom stereocenters. The molecule has 2 N–H and O–H groups in total. The van der Waals surface area contributed by atoms with E-state index >= 15 is 0 Å². The van der Waals surface area contributed by atoms with Crippen molar-refractivity contribution >= 4 is 28.7 Å². The average Bonchev–Trinajstić information content (AvgIpc) is 2.54. The minimum atomic E-state index is -0.601. The molecule has 23 heavy (non-hydrogen) atoms. The Morgan fingerprint density at radius 2 is 1.78 bits per heavy atom. The van der Waals surface area contributed by atoms with E-state index in [1.54, 1.807) is 0 Å². The molecular weight excluding hydrogens is 304 g/mol. The largest absolute Gasteiger partial charge is 0.383 e. The Balaban J connectivity index is 2.27. The van der Waals surface area contributed by atoms with Gasteiger partial charge in [-0.15, -0.1) is 0 Å². The summed E-state index contributed by atoms with van der Waals surface area (Å²) in [5, 5.41) is 26.8. The second-order valence-electron chi connectivity index (χ2n) is 4.50. The van der Waals surface area contributed by atoms with Crippen LogP contribution in [0.15, 0.2) is 42.5 Å². The third-order valence-electron chi connectivity index (χ3n) is 3.04. The van der Waals surface area contributed by atoms with Crippen LogP contribution in [0.25, 0.3) is 0 Å². The molecule has 118 valence electrons. The van der Waals surface area contributed by atoms with E-state index in [1.165, 1.54) is 43.4 Å². The molecule has 0 unspecified atom stereocenters. The molecule has 0 saturated carbocycles. The highest BCUT2D eigenvalue weighted by Crippen LogP contribution is 2.25. The molecule has 0 bridgehead atoms. The maximum Gasteiger partial charge on any atom is 0.293 e. The first-order valence-corrected chi connectivity index (χ1v) is 6.44. The smallest absolute Gasteiger partial charge is 0.293 e. The highest BCUT2D eigenvalue weighted by molar-refractivity contribution is 6.05. The van der Waals surface area contributed by atoms with Crippen LogP contribution in [0, 0.1) is 20.2 Å². The molecule has 9 heteroatoms. The molecule has 0 aromatic heterocycles. The van der Waals surface area contributed by atoms with E-state index in [0.29, 0.717) is 0 Å². The van der Waals surface area contributed by atoms with Gasteiger partial charge in [0.05, 0.1) is 9.85 Å². The number of carbonyl (C=O) groups is 1. The van der Waals surface area contributed by atoms with Gasteiger partial charge in [0.25, 0.3) is 17.3 Å². The number of carbonyl (C=O) groups excluding carboxylic acids is 1. The Morgan fingerprint density at radius 3 is 2.39 bits per heavy atom. The number of benzene rings is 2. The predicted molar refractivity (Wildman–Crippen MR) is 83.7 cm³/mol. The molecule has 2 aromatic carbocycles. The van der Waals surface area contributed by atoms with Gasteiger partial charge in [0.2, 0.25) is 0 Å². The Labute approximate surface area is 130 Å². The van der Waals surface area contributed by atoms with Gasteiger partial charge in [-0.1, -0.05) is 6.07 Å². The summed E-state index contributed by atoms with van der Waals surface area (Å²) in [5.74, 6) is -0.601. The van der Waals surface area contributed by atoms with E-state index in [0.717, 1.165) is 6.07 Å². The zero-order valence-corrected chi connectivity index (χ0v) is 12.0. The van der Waals surface area contributed by atoms with Crippen LogP contribution in [0.1, 0.15) is 10.4 Å². The van der Waals surface area contributed by atoms with Crippen LogP contribution in [0.4, 0.5) is 22.7 Å². The van der Waals surface area contributed by atoms with Crippen LogP contribution in [-0.2, 0) is 0 Å². The lowest BCUT2D eigenvalue weighted by Crippen LogP contribution is -2.12. The number of nitro groups is 2. The second-order valence-corrected chi connectivity index (χ2v) is 4.50. The highest BCUT2D eigenvalue weighted by Gasteiger charge is 2.17. The van der Waals surface area contributed by atoms with Crippen molar-refractivity contribution in [3.05, 3.63) is 68.3 Å². The fraction of sp³-hybridized carbons (Fsp3) is 0.0714. The summed E-state index contributed by atoms with van der Waals surface area (Å²) in [6, 6.07) is 9.39. The number of amides is 1. The molecule has 0 spiro atoms. The maximum atomic E-state index is 12.1. The molecule has 2 aromatic rings. The van der Waals surface area contributed by atoms with Crippen LogP contribution < -0.4 is 10.6 Å². The Morgan fingerprint density at radius 1 is 1.04 bits per heavy atom. The molecule has 0 aliphatic rings. The van der Waals surface area contributed by atoms with Crippen molar-refractivity contribution in [3.63, 3.8) is 0 Å². The maximum absolute atomic E-state index is 12.1. The first-order valence-electron chi connectivity index (χ1n) is 6.44. The highest BCUT2D eigenvalue weighted by atomic mass is 16.6. The summed E-state index contributed by atoms with van der Waals surface area (Å²) in [6.07, 6.45) is 0. The Bertz CT molecular complexity index is 790. The average molecular weight is 316 g/mol. The molecule has 0 saturated heterocycles. The molecule has 0 heterocycles. The molecular formula is C14H12N4O5. The fourth-order valence-electron chi connectivity index (χ4n) is 1.94. The fourth-order valence-corrected chi connectivity index (χ4v) is 1.94. The van der Waals surface area contributed by atoms with Gasteiger partial charge in [0, 0.05) is 36.5 Å². The summed E-state index contributed by atoms with van der Waals surface area (Å²) in [4.78, 5) is 32.7. The number of nitrogens with zero attached hydrogens (tertiary/aromatic N) is 2. The zero-order chi connectivity index (χ0) is 17.0. The van der Waals surface area contributed by atoms with Gasteiger partial charge in [-0.3, -0.25) is 25.0 Å². The van der Waals surface area contributed by atoms with Gasteiger partial charge >= 0.3 is 0 Å². The second kappa shape index (κ2) is 6.52. The summed E-state index contributed by atoms with van der Waals surface area (Å²) in [7, 11) is 1.53. The van der Waals surface area contributed by atoms with Gasteiger partial charge in [-0.05, 0) is 18.2 Å². The van der Waals surface area contributed by atoms with E-state index in [2.05, 4.69) is 10.6 Å². The van der Waals surface area contributed by atoms with Crippen LogP contribution in [0.2, 0.25) is 0 Å². The van der Waals surface area contributed by atoms with Crippen molar-refractivity contribution in [2.45, 2.75) is 0 Å². The van der Waals surface area contributed by atoms with E-state index in [4.69, 9.17) is 0 Å². The van der Waals surface area contributed by atoms with Crippen molar-refractivity contribution in [2.24, 2.45) is 0 Å². The van der Waals surface area contributed by atoms with Crippen LogP contribution in [-0.4, -0.2) is 22.8 Å². The topological polar surface area (TPSA) is 127 Å². The predicted octanol–water partition coefficient (Wildman–Crippen LogP) is 2.80. The number of anilines is 2. The van der Waals surface area contributed by atoms with Crippen molar-refractivity contribution < 1.29 is 14.6 Å². The first kappa shape index (κ1) is 15.9. The van der Waals surface area contributed by atoms with Gasteiger partial charge in [0.15, 0.2) is 0 Å². The Kier molecular flexibility index (Phi) is 4.50. The van der Waals surface area contributed by atoms with Crippen molar-refractivity contribution in [2.75, 3.05) is 17.7 Å². The summed E-state index contributed by atoms with van der Waals surface area (Å²) >= 11 is 0. The van der Waals surface area contributed by atoms with Crippen LogP contribution in [0.5, 0.6) is 0 Å². The summed E-state index contributed by atoms with van der Waals surface area (Å²) in [5.41, 5.74) is 0.173. The number of nitrogens with one attached hydrogen (secondary N) is 2. The first-order chi connectivity index (χ1) is 10.9. The summed E-state index contributed by atoms with van der Waals surface area (Å²) < 4.78 is 0. The zero-order valence-electron chi connectivity index (χ0n) is 12.0. The van der Waals surface area contributed by atoms with Gasteiger partial charge < -0.3 is 10.6 Å². The minimum absolute atomic E-state index is 0.0715. The van der Waals surface area contributed by atoms with E-state index in [9.17, 15) is 25.0 Å². The lowest BCUT2D eigenvalue weighted by molar-refractivity contribution is -0.384. The summed E-state index contributed by atoms with van der Waals surface area (Å²) in [6.45, 7) is 0. The minimum Gasteiger partial charge on any atom is -0.383 e. The lowest BCUT2D eigenvalue weighted by Gasteiger charge is -2.07. The number of rotatable bonds is 5. The lowest BCUT2D eigenvalue weighted by atomic mass is 10.1. The number of hydrogen-bond donors (Lipinski definition) is 2. The molecule has 0 radical (unpaired) electrons. The third-order valence-corrected chi connectivity index (χ3v) is 3.04. The van der Waals surface area contributed by atoms with Crippen LogP contribution >= 0.6 is 0 Å². The SMILES string of the molecule is CNc1ccc(C(=O)Nc2cccc([N+](=O)[O-])c2)cc1[N+](=O)[O-].